The number of morpholine rings is 1. The Balaban J connectivity index is 1.83. The highest BCUT2D eigenvalue weighted by Gasteiger charge is 2.27. The Hall–Kier alpha value is -1.25. The molecule has 0 atom stereocenters. The van der Waals surface area contributed by atoms with E-state index < -0.39 is 10.0 Å². The van der Waals surface area contributed by atoms with Gasteiger partial charge in [0.2, 0.25) is 16.0 Å². The Bertz CT molecular complexity index is 614. The summed E-state index contributed by atoms with van der Waals surface area (Å²) in [4.78, 5) is 11.1. The van der Waals surface area contributed by atoms with E-state index in [-0.39, 0.29) is 5.75 Å². The lowest BCUT2D eigenvalue weighted by molar-refractivity contribution is 0.122. The van der Waals surface area contributed by atoms with Gasteiger partial charge in [0, 0.05) is 25.8 Å². The lowest BCUT2D eigenvalue weighted by Crippen LogP contribution is -2.39. The van der Waals surface area contributed by atoms with Crippen LogP contribution >= 0.6 is 0 Å². The van der Waals surface area contributed by atoms with Crippen molar-refractivity contribution >= 4 is 16.0 Å². The molecule has 0 spiro atoms. The molecule has 0 unspecified atom stereocenters. The van der Waals surface area contributed by atoms with Gasteiger partial charge in [-0.3, -0.25) is 0 Å². The average molecular weight is 312 g/mol. The molecule has 1 saturated heterocycles. The number of rotatable bonds is 3. The first kappa shape index (κ1) is 14.7. The Morgan fingerprint density at radius 3 is 2.76 bits per heavy atom. The van der Waals surface area contributed by atoms with E-state index in [9.17, 15) is 8.42 Å². The smallest absolute Gasteiger partial charge is 0.225 e. The average Bonchev–Trinajstić information content (AvgIpc) is 2.54. The van der Waals surface area contributed by atoms with Crippen LogP contribution in [0.4, 0.5) is 5.95 Å². The van der Waals surface area contributed by atoms with Crippen molar-refractivity contribution in [3.05, 3.63) is 17.5 Å². The summed E-state index contributed by atoms with van der Waals surface area (Å²) in [6, 6.07) is 0. The van der Waals surface area contributed by atoms with Crippen LogP contribution in [-0.2, 0) is 27.7 Å². The van der Waals surface area contributed by atoms with Crippen LogP contribution in [-0.4, -0.2) is 61.3 Å². The Labute approximate surface area is 125 Å². The summed E-state index contributed by atoms with van der Waals surface area (Å²) in [5.41, 5.74) is 1.88. The quantitative estimate of drug-likeness (QED) is 0.783. The van der Waals surface area contributed by atoms with E-state index >= 15 is 0 Å². The molecule has 0 aromatic carbocycles. The summed E-state index contributed by atoms with van der Waals surface area (Å²) < 4.78 is 30.9. The molecule has 0 bridgehead atoms. The van der Waals surface area contributed by atoms with Gasteiger partial charge in [0.1, 0.15) is 0 Å². The van der Waals surface area contributed by atoms with Crippen LogP contribution in [0.25, 0.3) is 0 Å². The molecule has 3 rings (SSSR count). The lowest BCUT2D eigenvalue weighted by atomic mass is 10.1. The first-order chi connectivity index (χ1) is 10.1. The van der Waals surface area contributed by atoms with Gasteiger partial charge < -0.3 is 9.64 Å². The molecule has 1 aromatic heterocycles. The number of aromatic nitrogens is 2. The van der Waals surface area contributed by atoms with Gasteiger partial charge in [0.05, 0.1) is 31.2 Å². The van der Waals surface area contributed by atoms with Crippen molar-refractivity contribution in [1.29, 1.82) is 0 Å². The monoisotopic (exact) mass is 312 g/mol. The van der Waals surface area contributed by atoms with Crippen LogP contribution < -0.4 is 4.90 Å². The number of anilines is 1. The fourth-order valence-corrected chi connectivity index (χ4v) is 3.66. The second kappa shape index (κ2) is 5.86. The first-order valence-corrected chi connectivity index (χ1v) is 8.86. The van der Waals surface area contributed by atoms with Gasteiger partial charge in [-0.1, -0.05) is 0 Å². The SMILES string of the molecule is CCS(=O)(=O)N1CCc2cnc(N3CCOCC3)nc2C1. The minimum absolute atomic E-state index is 0.129. The number of nitrogens with zero attached hydrogens (tertiary/aromatic N) is 4. The Morgan fingerprint density at radius 2 is 2.05 bits per heavy atom. The summed E-state index contributed by atoms with van der Waals surface area (Å²) in [5.74, 6) is 0.803. The van der Waals surface area contributed by atoms with Crippen molar-refractivity contribution in [3.63, 3.8) is 0 Å². The number of hydrogen-bond acceptors (Lipinski definition) is 6. The molecule has 7 nitrogen and oxygen atoms in total. The first-order valence-electron chi connectivity index (χ1n) is 7.25. The normalized spacial score (nSPS) is 20.3. The molecule has 1 aromatic rings. The highest BCUT2D eigenvalue weighted by Crippen LogP contribution is 2.21. The van der Waals surface area contributed by atoms with E-state index in [2.05, 4.69) is 14.9 Å². The van der Waals surface area contributed by atoms with Gasteiger partial charge in [-0.25, -0.2) is 18.4 Å². The fraction of sp³-hybridized carbons (Fsp3) is 0.692. The largest absolute Gasteiger partial charge is 0.378 e. The molecule has 0 amide bonds. The van der Waals surface area contributed by atoms with E-state index in [1.807, 2.05) is 6.20 Å². The van der Waals surface area contributed by atoms with Gasteiger partial charge in [0.25, 0.3) is 0 Å². The highest BCUT2D eigenvalue weighted by atomic mass is 32.2. The molecule has 116 valence electrons. The third kappa shape index (κ3) is 3.02. The third-order valence-electron chi connectivity index (χ3n) is 3.95. The Morgan fingerprint density at radius 1 is 1.29 bits per heavy atom. The van der Waals surface area contributed by atoms with Gasteiger partial charge >= 0.3 is 0 Å². The molecule has 3 heterocycles. The minimum atomic E-state index is -3.16. The van der Waals surface area contributed by atoms with Crippen molar-refractivity contribution in [1.82, 2.24) is 14.3 Å². The van der Waals surface area contributed by atoms with E-state index in [1.54, 1.807) is 6.92 Å². The van der Waals surface area contributed by atoms with Crippen LogP contribution in [0.3, 0.4) is 0 Å². The molecule has 2 aliphatic rings. The molecule has 8 heteroatoms. The van der Waals surface area contributed by atoms with Crippen molar-refractivity contribution in [2.45, 2.75) is 19.9 Å². The van der Waals surface area contributed by atoms with Crippen molar-refractivity contribution in [2.75, 3.05) is 43.5 Å². The van der Waals surface area contributed by atoms with E-state index in [4.69, 9.17) is 4.74 Å². The standard InChI is InChI=1S/C13H20N4O3S/c1-2-21(18,19)17-4-3-11-9-14-13(15-12(11)10-17)16-5-7-20-8-6-16/h9H,2-8,10H2,1H3. The maximum Gasteiger partial charge on any atom is 0.225 e. The summed E-state index contributed by atoms with van der Waals surface area (Å²) in [5, 5.41) is 0. The van der Waals surface area contributed by atoms with Crippen LogP contribution in [0.5, 0.6) is 0 Å². The second-order valence-corrected chi connectivity index (χ2v) is 7.48. The zero-order chi connectivity index (χ0) is 14.9. The number of ether oxygens (including phenoxy) is 1. The molecular weight excluding hydrogens is 292 g/mol. The minimum Gasteiger partial charge on any atom is -0.378 e. The predicted octanol–water partition coefficient (Wildman–Crippen LogP) is 0.0210. The number of sulfonamides is 1. The molecule has 0 N–H and O–H groups in total. The summed E-state index contributed by atoms with van der Waals surface area (Å²) in [7, 11) is -3.16. The van der Waals surface area contributed by atoms with Gasteiger partial charge in [-0.2, -0.15) is 4.31 Å². The molecule has 1 fully saturated rings. The van der Waals surface area contributed by atoms with Crippen LogP contribution in [0, 0.1) is 0 Å². The summed E-state index contributed by atoms with van der Waals surface area (Å²) >= 11 is 0. The van der Waals surface area contributed by atoms with Crippen LogP contribution in [0.15, 0.2) is 6.20 Å². The molecule has 2 aliphatic heterocycles. The van der Waals surface area contributed by atoms with Crippen molar-refractivity contribution in [3.8, 4) is 0 Å². The van der Waals surface area contributed by atoms with Crippen LogP contribution in [0.2, 0.25) is 0 Å². The maximum atomic E-state index is 12.0. The van der Waals surface area contributed by atoms with Crippen LogP contribution in [0.1, 0.15) is 18.2 Å². The second-order valence-electron chi connectivity index (χ2n) is 5.23. The molecule has 0 radical (unpaired) electrons. The molecule has 21 heavy (non-hydrogen) atoms. The van der Waals surface area contributed by atoms with Gasteiger partial charge in [-0.05, 0) is 18.9 Å². The number of hydrogen-bond donors (Lipinski definition) is 0. The van der Waals surface area contributed by atoms with Gasteiger partial charge in [0.15, 0.2) is 0 Å². The van der Waals surface area contributed by atoms with Crippen molar-refractivity contribution < 1.29 is 13.2 Å². The van der Waals surface area contributed by atoms with E-state index in [0.717, 1.165) is 24.3 Å². The third-order valence-corrected chi connectivity index (χ3v) is 5.78. The summed E-state index contributed by atoms with van der Waals surface area (Å²) in [6.45, 7) is 5.44. The van der Waals surface area contributed by atoms with E-state index in [1.165, 1.54) is 4.31 Å². The predicted molar refractivity (Wildman–Crippen MR) is 78.6 cm³/mol. The topological polar surface area (TPSA) is 75.6 Å². The zero-order valence-electron chi connectivity index (χ0n) is 12.2. The molecule has 0 aliphatic carbocycles. The zero-order valence-corrected chi connectivity index (χ0v) is 13.0. The fourth-order valence-electron chi connectivity index (χ4n) is 2.60. The highest BCUT2D eigenvalue weighted by molar-refractivity contribution is 7.89. The lowest BCUT2D eigenvalue weighted by Gasteiger charge is -2.30. The maximum absolute atomic E-state index is 12.0. The molecule has 0 saturated carbocycles. The Kier molecular flexibility index (Phi) is 4.10. The molecular formula is C13H20N4O3S. The number of fused-ring (bicyclic) bond motifs is 1. The van der Waals surface area contributed by atoms with Gasteiger partial charge in [-0.15, -0.1) is 0 Å². The summed E-state index contributed by atoms with van der Waals surface area (Å²) in [6.07, 6.45) is 2.51. The van der Waals surface area contributed by atoms with Crippen molar-refractivity contribution in [2.24, 2.45) is 0 Å². The van der Waals surface area contributed by atoms with E-state index in [0.29, 0.717) is 38.7 Å².